The molecule has 0 fully saturated rings. The summed E-state index contributed by atoms with van der Waals surface area (Å²) in [5.41, 5.74) is 3.14. The van der Waals surface area contributed by atoms with Gasteiger partial charge in [-0.15, -0.1) is 0 Å². The van der Waals surface area contributed by atoms with Crippen molar-refractivity contribution < 1.29 is 0 Å². The minimum atomic E-state index is 0.287. The van der Waals surface area contributed by atoms with Gasteiger partial charge >= 0.3 is 0 Å². The molecule has 0 aromatic heterocycles. The second-order valence-electron chi connectivity index (χ2n) is 4.94. The average molecular weight is 203 g/mol. The number of rotatable bonds is 2. The number of anilines is 1. The Kier molecular flexibility index (Phi) is 2.72. The lowest BCUT2D eigenvalue weighted by atomic mass is 9.77. The summed E-state index contributed by atoms with van der Waals surface area (Å²) in [7, 11) is 0. The summed E-state index contributed by atoms with van der Waals surface area (Å²) in [4.78, 5) is 0. The molecular formula is C14H21N. The maximum absolute atomic E-state index is 3.69. The van der Waals surface area contributed by atoms with Crippen molar-refractivity contribution in [1.29, 1.82) is 0 Å². The Morgan fingerprint density at radius 1 is 1.33 bits per heavy atom. The van der Waals surface area contributed by atoms with Gasteiger partial charge < -0.3 is 5.32 Å². The number of hydrogen-bond acceptors (Lipinski definition) is 1. The first-order valence-electron chi connectivity index (χ1n) is 6.05. The maximum Gasteiger partial charge on any atom is 0.0379 e. The quantitative estimate of drug-likeness (QED) is 0.761. The van der Waals surface area contributed by atoms with E-state index in [9.17, 15) is 0 Å². The van der Waals surface area contributed by atoms with E-state index in [4.69, 9.17) is 0 Å². The van der Waals surface area contributed by atoms with Crippen LogP contribution in [0.25, 0.3) is 0 Å². The van der Waals surface area contributed by atoms with E-state index in [-0.39, 0.29) is 5.54 Å². The fourth-order valence-corrected chi connectivity index (χ4v) is 2.59. The molecule has 82 valence electrons. The van der Waals surface area contributed by atoms with E-state index in [1.54, 1.807) is 0 Å². The Balaban J connectivity index is 2.38. The van der Waals surface area contributed by atoms with Crippen LogP contribution in [0.2, 0.25) is 0 Å². The second-order valence-corrected chi connectivity index (χ2v) is 4.94. The van der Waals surface area contributed by atoms with Gasteiger partial charge in [-0.2, -0.15) is 0 Å². The molecule has 0 saturated carbocycles. The van der Waals surface area contributed by atoms with Gasteiger partial charge in [-0.05, 0) is 43.7 Å². The molecule has 1 N–H and O–H groups in total. The van der Waals surface area contributed by atoms with Gasteiger partial charge in [0.1, 0.15) is 0 Å². The number of benzene rings is 1. The molecule has 1 heterocycles. The van der Waals surface area contributed by atoms with Crippen LogP contribution >= 0.6 is 0 Å². The molecule has 2 atom stereocenters. The average Bonchev–Trinajstić information content (AvgIpc) is 2.28. The molecule has 0 bridgehead atoms. The predicted octanol–water partition coefficient (Wildman–Crippen LogP) is 4.16. The van der Waals surface area contributed by atoms with Crippen LogP contribution < -0.4 is 5.32 Å². The predicted molar refractivity (Wildman–Crippen MR) is 66.4 cm³/mol. The molecule has 1 nitrogen and oxygen atoms in total. The molecule has 1 aliphatic heterocycles. The van der Waals surface area contributed by atoms with Crippen molar-refractivity contribution in [1.82, 2.24) is 0 Å². The maximum atomic E-state index is 3.69. The molecule has 0 aliphatic carbocycles. The highest BCUT2D eigenvalue weighted by molar-refractivity contribution is 5.57. The topological polar surface area (TPSA) is 12.0 Å². The number of hydrogen-bond donors (Lipinski definition) is 1. The molecular weight excluding hydrogens is 182 g/mol. The largest absolute Gasteiger partial charge is 0.380 e. The molecule has 0 saturated heterocycles. The molecule has 0 spiro atoms. The Morgan fingerprint density at radius 2 is 2.07 bits per heavy atom. The summed E-state index contributed by atoms with van der Waals surface area (Å²) in [5, 5.41) is 3.69. The van der Waals surface area contributed by atoms with Crippen molar-refractivity contribution in [2.75, 3.05) is 5.32 Å². The van der Waals surface area contributed by atoms with Gasteiger partial charge in [-0.3, -0.25) is 0 Å². The molecule has 1 aromatic carbocycles. The van der Waals surface area contributed by atoms with Crippen molar-refractivity contribution in [3.63, 3.8) is 0 Å². The van der Waals surface area contributed by atoms with Crippen molar-refractivity contribution in [3.8, 4) is 0 Å². The van der Waals surface area contributed by atoms with Crippen molar-refractivity contribution in [2.45, 2.75) is 51.5 Å². The van der Waals surface area contributed by atoms with Gasteiger partial charge in [-0.1, -0.05) is 32.0 Å². The Hall–Kier alpha value is -0.980. The first-order valence-corrected chi connectivity index (χ1v) is 6.05. The molecule has 1 aliphatic rings. The zero-order chi connectivity index (χ0) is 10.9. The van der Waals surface area contributed by atoms with Crippen LogP contribution in [-0.2, 0) is 0 Å². The van der Waals surface area contributed by atoms with Crippen LogP contribution in [0.15, 0.2) is 24.3 Å². The van der Waals surface area contributed by atoms with Gasteiger partial charge in [0.25, 0.3) is 0 Å². The third kappa shape index (κ3) is 1.88. The van der Waals surface area contributed by atoms with Gasteiger partial charge in [0.2, 0.25) is 0 Å². The van der Waals surface area contributed by atoms with Gasteiger partial charge in [0, 0.05) is 11.2 Å². The van der Waals surface area contributed by atoms with Crippen LogP contribution in [-0.4, -0.2) is 5.54 Å². The fraction of sp³-hybridized carbons (Fsp3) is 0.571. The molecule has 1 aromatic rings. The van der Waals surface area contributed by atoms with E-state index in [0.29, 0.717) is 0 Å². The lowest BCUT2D eigenvalue weighted by molar-refractivity contribution is 0.389. The lowest BCUT2D eigenvalue weighted by Gasteiger charge is -2.40. The van der Waals surface area contributed by atoms with Gasteiger partial charge in [0.15, 0.2) is 0 Å². The van der Waals surface area contributed by atoms with Crippen molar-refractivity contribution >= 4 is 5.69 Å². The van der Waals surface area contributed by atoms with E-state index in [0.717, 1.165) is 5.92 Å². The van der Waals surface area contributed by atoms with Gasteiger partial charge in [-0.25, -0.2) is 0 Å². The van der Waals surface area contributed by atoms with Crippen LogP contribution in [0.3, 0.4) is 0 Å². The van der Waals surface area contributed by atoms with Gasteiger partial charge in [0.05, 0.1) is 0 Å². The monoisotopic (exact) mass is 203 g/mol. The highest BCUT2D eigenvalue weighted by Crippen LogP contribution is 2.41. The van der Waals surface area contributed by atoms with Crippen LogP contribution in [0.1, 0.15) is 51.5 Å². The second kappa shape index (κ2) is 3.88. The summed E-state index contributed by atoms with van der Waals surface area (Å²) in [6.45, 7) is 6.90. The fourth-order valence-electron chi connectivity index (χ4n) is 2.59. The zero-order valence-corrected chi connectivity index (χ0v) is 10.0. The summed E-state index contributed by atoms with van der Waals surface area (Å²) in [6.07, 6.45) is 3.70. The van der Waals surface area contributed by atoms with E-state index in [1.807, 2.05) is 0 Å². The molecule has 1 heteroatoms. The first kappa shape index (κ1) is 10.5. The van der Waals surface area contributed by atoms with Crippen LogP contribution in [0.4, 0.5) is 5.69 Å². The smallest absolute Gasteiger partial charge is 0.0379 e. The number of fused-ring (bicyclic) bond motifs is 1. The minimum absolute atomic E-state index is 0.287. The standard InChI is InChI=1S/C14H21N/c1-4-11-10-14(3,5-2)15-13-9-7-6-8-12(11)13/h6-9,11,15H,4-5,10H2,1-3H3. The Bertz CT molecular complexity index is 345. The van der Waals surface area contributed by atoms with Crippen molar-refractivity contribution in [2.24, 2.45) is 0 Å². The van der Waals surface area contributed by atoms with Crippen molar-refractivity contribution in [3.05, 3.63) is 29.8 Å². The molecule has 2 unspecified atom stereocenters. The SMILES string of the molecule is CCC1CC(C)(CC)Nc2ccccc21. The lowest BCUT2D eigenvalue weighted by Crippen LogP contribution is -2.39. The summed E-state index contributed by atoms with van der Waals surface area (Å²) < 4.78 is 0. The van der Waals surface area contributed by atoms with E-state index in [2.05, 4.69) is 50.4 Å². The molecule has 0 amide bonds. The molecule has 0 radical (unpaired) electrons. The summed E-state index contributed by atoms with van der Waals surface area (Å²) in [5.74, 6) is 0.729. The zero-order valence-electron chi connectivity index (χ0n) is 10.0. The Morgan fingerprint density at radius 3 is 2.73 bits per heavy atom. The number of para-hydroxylation sites is 1. The summed E-state index contributed by atoms with van der Waals surface area (Å²) >= 11 is 0. The minimum Gasteiger partial charge on any atom is -0.380 e. The Labute approximate surface area is 92.9 Å². The first-order chi connectivity index (χ1) is 7.18. The molecule has 2 rings (SSSR count). The summed E-state index contributed by atoms with van der Waals surface area (Å²) in [6, 6.07) is 8.76. The highest BCUT2D eigenvalue weighted by Gasteiger charge is 2.32. The molecule has 15 heavy (non-hydrogen) atoms. The van der Waals surface area contributed by atoms with Crippen LogP contribution in [0, 0.1) is 0 Å². The van der Waals surface area contributed by atoms with E-state index < -0.39 is 0 Å². The highest BCUT2D eigenvalue weighted by atomic mass is 15.0. The third-order valence-electron chi connectivity index (χ3n) is 3.81. The van der Waals surface area contributed by atoms with E-state index in [1.165, 1.54) is 30.5 Å². The van der Waals surface area contributed by atoms with Crippen LogP contribution in [0.5, 0.6) is 0 Å². The third-order valence-corrected chi connectivity index (χ3v) is 3.81. The van der Waals surface area contributed by atoms with E-state index >= 15 is 0 Å². The number of nitrogens with one attached hydrogen (secondary N) is 1. The normalized spacial score (nSPS) is 29.4.